The molecule has 2 saturated heterocycles. The van der Waals surface area contributed by atoms with Crippen LogP contribution in [0.4, 0.5) is 15.8 Å². The van der Waals surface area contributed by atoms with Crippen molar-refractivity contribution in [3.63, 3.8) is 0 Å². The molecule has 1 saturated carbocycles. The number of imide groups is 2. The van der Waals surface area contributed by atoms with Gasteiger partial charge in [-0.3, -0.25) is 24.1 Å². The fourth-order valence-corrected chi connectivity index (χ4v) is 9.55. The summed E-state index contributed by atoms with van der Waals surface area (Å²) in [6.45, 7) is 0. The number of phenols is 1. The molecule has 1 aromatic heterocycles. The molecule has 276 valence electrons. The highest BCUT2D eigenvalue weighted by Crippen LogP contribution is 2.63. The van der Waals surface area contributed by atoms with E-state index < -0.39 is 62.9 Å². The quantitative estimate of drug-likeness (QED) is 0.106. The number of alkyl halides is 2. The number of halogens is 3. The summed E-state index contributed by atoms with van der Waals surface area (Å²) in [6.07, 6.45) is 5.14. The zero-order valence-corrected chi connectivity index (χ0v) is 30.5. The van der Waals surface area contributed by atoms with Gasteiger partial charge in [0.05, 0.1) is 30.3 Å². The van der Waals surface area contributed by atoms with Crippen molar-refractivity contribution in [3.05, 3.63) is 120 Å². The molecule has 4 aliphatic rings. The van der Waals surface area contributed by atoms with Crippen molar-refractivity contribution >= 4 is 75.4 Å². The predicted octanol–water partition coefficient (Wildman–Crippen LogP) is 7.66. The average Bonchev–Trinajstić information content (AvgIpc) is 3.78. The number of benzene rings is 4. The number of carbonyl (C=O) groups excluding carboxylic acids is 4. The lowest BCUT2D eigenvalue weighted by Crippen LogP contribution is -2.60. The Balaban J connectivity index is 1.10. The number of ether oxygens (including phenoxy) is 1. The van der Waals surface area contributed by atoms with E-state index in [1.165, 1.54) is 30.2 Å². The van der Waals surface area contributed by atoms with Crippen LogP contribution in [0.3, 0.4) is 0 Å². The lowest BCUT2D eigenvalue weighted by molar-refractivity contribution is -0.125. The lowest BCUT2D eigenvalue weighted by atomic mass is 9.57. The number of oxazole rings is 1. The van der Waals surface area contributed by atoms with Gasteiger partial charge < -0.3 is 14.3 Å². The normalized spacial score (nSPS) is 27.5. The summed E-state index contributed by atoms with van der Waals surface area (Å²) in [5.41, 5.74) is 3.62. The summed E-state index contributed by atoms with van der Waals surface area (Å²) in [7, 11) is 1.41. The Kier molecular flexibility index (Phi) is 8.03. The SMILES string of the molecule is COc1cc(C=C[C@H]2C3=CC[C@@H]4C(=O)N(c5ccc(-c6nc7ccccc7o6)cc5)C(=O)[C@@H]4[C@@H]3C[C@@]3(Cl)C(=O)N(c4ccc(F)cc4)C(=O)[C@@]23Cl)ccc1O. The molecule has 2 aliphatic heterocycles. The van der Waals surface area contributed by atoms with Crippen LogP contribution in [0.2, 0.25) is 0 Å². The first-order valence-electron chi connectivity index (χ1n) is 17.6. The largest absolute Gasteiger partial charge is 0.504 e. The second-order valence-electron chi connectivity index (χ2n) is 14.1. The number of nitrogens with zero attached hydrogens (tertiary/aromatic N) is 3. The highest BCUT2D eigenvalue weighted by Gasteiger charge is 2.76. The molecule has 1 N–H and O–H groups in total. The van der Waals surface area contributed by atoms with Gasteiger partial charge in [-0.25, -0.2) is 14.3 Å². The molecule has 3 heterocycles. The number of carbonyl (C=O) groups is 4. The Morgan fingerprint density at radius 3 is 2.33 bits per heavy atom. The number of methoxy groups -OCH3 is 1. The van der Waals surface area contributed by atoms with Crippen molar-refractivity contribution in [2.24, 2.45) is 23.7 Å². The van der Waals surface area contributed by atoms with Gasteiger partial charge >= 0.3 is 0 Å². The van der Waals surface area contributed by atoms with Crippen LogP contribution in [0.1, 0.15) is 18.4 Å². The third kappa shape index (κ3) is 5.09. The maximum atomic E-state index is 14.5. The van der Waals surface area contributed by atoms with E-state index in [1.807, 2.05) is 30.3 Å². The summed E-state index contributed by atoms with van der Waals surface area (Å²) in [4.78, 5) is 60.0. The number of anilines is 2. The number of fused-ring (bicyclic) bond motifs is 5. The Labute approximate surface area is 323 Å². The van der Waals surface area contributed by atoms with Gasteiger partial charge in [-0.15, -0.1) is 23.2 Å². The van der Waals surface area contributed by atoms with Gasteiger partial charge in [-0.05, 0) is 97.1 Å². The first kappa shape index (κ1) is 35.0. The van der Waals surface area contributed by atoms with E-state index in [1.54, 1.807) is 48.6 Å². The smallest absolute Gasteiger partial charge is 0.258 e. The van der Waals surface area contributed by atoms with Crippen molar-refractivity contribution in [2.75, 3.05) is 16.9 Å². The molecular formula is C42H30Cl2FN3O7. The lowest BCUT2D eigenvalue weighted by Gasteiger charge is -2.49. The van der Waals surface area contributed by atoms with E-state index in [2.05, 4.69) is 4.98 Å². The second kappa shape index (κ2) is 12.6. The van der Waals surface area contributed by atoms with E-state index in [0.717, 1.165) is 17.0 Å². The number of amides is 4. The van der Waals surface area contributed by atoms with Crippen LogP contribution in [-0.2, 0) is 19.2 Å². The molecule has 0 unspecified atom stereocenters. The highest BCUT2D eigenvalue weighted by molar-refractivity contribution is 6.58. The summed E-state index contributed by atoms with van der Waals surface area (Å²) < 4.78 is 25.1. The Morgan fingerprint density at radius 1 is 0.891 bits per heavy atom. The summed E-state index contributed by atoms with van der Waals surface area (Å²) in [5.74, 6) is -5.94. The summed E-state index contributed by atoms with van der Waals surface area (Å²) >= 11 is 14.8. The van der Waals surface area contributed by atoms with Crippen LogP contribution >= 0.6 is 23.2 Å². The van der Waals surface area contributed by atoms with Gasteiger partial charge in [-0.2, -0.15) is 0 Å². The predicted molar refractivity (Wildman–Crippen MR) is 203 cm³/mol. The molecule has 3 fully saturated rings. The van der Waals surface area contributed by atoms with Gasteiger partial charge in [0.15, 0.2) is 26.8 Å². The van der Waals surface area contributed by atoms with Crippen molar-refractivity contribution in [1.29, 1.82) is 0 Å². The first-order chi connectivity index (χ1) is 26.4. The van der Waals surface area contributed by atoms with Crippen molar-refractivity contribution in [2.45, 2.75) is 22.6 Å². The van der Waals surface area contributed by atoms with Gasteiger partial charge in [0.1, 0.15) is 11.3 Å². The molecule has 0 radical (unpaired) electrons. The van der Waals surface area contributed by atoms with Gasteiger partial charge in [0, 0.05) is 11.5 Å². The third-order valence-electron chi connectivity index (χ3n) is 11.3. The van der Waals surface area contributed by atoms with E-state index in [-0.39, 0.29) is 30.0 Å². The number of aromatic nitrogens is 1. The van der Waals surface area contributed by atoms with Gasteiger partial charge in [0.2, 0.25) is 17.7 Å². The Bertz CT molecular complexity index is 2490. The van der Waals surface area contributed by atoms with Gasteiger partial charge in [0.25, 0.3) is 11.8 Å². The van der Waals surface area contributed by atoms with Crippen LogP contribution in [0.25, 0.3) is 28.6 Å². The molecular weight excluding hydrogens is 748 g/mol. The highest BCUT2D eigenvalue weighted by atomic mass is 35.5. The van der Waals surface area contributed by atoms with Crippen LogP contribution < -0.4 is 14.5 Å². The number of aromatic hydroxyl groups is 1. The molecule has 6 atom stereocenters. The van der Waals surface area contributed by atoms with Crippen LogP contribution in [0.5, 0.6) is 11.5 Å². The van der Waals surface area contributed by atoms with Crippen molar-refractivity contribution in [1.82, 2.24) is 4.98 Å². The van der Waals surface area contributed by atoms with E-state index in [0.29, 0.717) is 39.4 Å². The zero-order chi connectivity index (χ0) is 38.4. The monoisotopic (exact) mass is 777 g/mol. The summed E-state index contributed by atoms with van der Waals surface area (Å²) in [5, 5.41) is 10.2. The second-order valence-corrected chi connectivity index (χ2v) is 15.4. The number of allylic oxidation sites excluding steroid dienone is 3. The summed E-state index contributed by atoms with van der Waals surface area (Å²) in [6, 6.07) is 23.7. The molecule has 10 nitrogen and oxygen atoms in total. The standard InChI is InChI=1S/C42H30Cl2FN3O7/c1-54-34-20-22(7-19-32(34)49)6-18-30-27-16-17-28-35(29(27)21-41(43)39(52)48(40(53)42(30,41)44)26-14-10-24(45)11-15-26)38(51)47(37(28)50)25-12-8-23(9-13-25)36-46-31-4-2-3-5-33(31)55-36/h2-16,18-20,28-30,35,49H,17,21H2,1H3/t28-,29+,30-,35-,41+,42-/m0/s1. The number of hydrogen-bond donors (Lipinski definition) is 1. The molecule has 0 spiro atoms. The third-order valence-corrected chi connectivity index (χ3v) is 12.7. The van der Waals surface area contributed by atoms with E-state index in [9.17, 15) is 28.7 Å². The Morgan fingerprint density at radius 2 is 1.60 bits per heavy atom. The van der Waals surface area contributed by atoms with Gasteiger partial charge in [-0.1, -0.05) is 42.0 Å². The molecule has 2 aliphatic carbocycles. The van der Waals surface area contributed by atoms with E-state index in [4.69, 9.17) is 32.4 Å². The molecule has 4 aromatic carbocycles. The maximum Gasteiger partial charge on any atom is 0.258 e. The van der Waals surface area contributed by atoms with Crippen molar-refractivity contribution < 1.29 is 37.8 Å². The minimum atomic E-state index is -2.07. The molecule has 0 bridgehead atoms. The maximum absolute atomic E-state index is 14.5. The Hall–Kier alpha value is -5.78. The average molecular weight is 779 g/mol. The topological polar surface area (TPSA) is 130 Å². The minimum absolute atomic E-state index is 0.0756. The zero-order valence-electron chi connectivity index (χ0n) is 29.0. The molecule has 5 aromatic rings. The fraction of sp³-hybridized carbons (Fsp3) is 0.214. The first-order valence-corrected chi connectivity index (χ1v) is 18.3. The fourth-order valence-electron chi connectivity index (χ4n) is 8.66. The van der Waals surface area contributed by atoms with E-state index >= 15 is 0 Å². The number of phenolic OH excluding ortho intramolecular Hbond substituents is 1. The van der Waals surface area contributed by atoms with Crippen molar-refractivity contribution in [3.8, 4) is 23.0 Å². The molecule has 13 heteroatoms. The molecule has 55 heavy (non-hydrogen) atoms. The minimum Gasteiger partial charge on any atom is -0.504 e. The molecule has 9 rings (SSSR count). The molecule has 4 amide bonds. The van der Waals surface area contributed by atoms with Crippen LogP contribution in [0, 0.1) is 29.5 Å². The van der Waals surface area contributed by atoms with Crippen LogP contribution in [0.15, 0.2) is 113 Å². The number of hydrogen-bond acceptors (Lipinski definition) is 8. The number of rotatable bonds is 6. The number of para-hydroxylation sites is 2. The van der Waals surface area contributed by atoms with Crippen LogP contribution in [-0.4, -0.2) is 50.6 Å².